The van der Waals surface area contributed by atoms with E-state index >= 15 is 0 Å². The Morgan fingerprint density at radius 2 is 1.03 bits per heavy atom. The molecule has 0 aliphatic rings. The number of hydrogen-bond acceptors (Lipinski definition) is 2. The summed E-state index contributed by atoms with van der Waals surface area (Å²) in [6.07, 6.45) is 3.85. The number of phenolic OH excluding ortho intramolecular Hbond substituents is 2. The van der Waals surface area contributed by atoms with Crippen molar-refractivity contribution >= 4 is 12.2 Å². The molecule has 2 heteroatoms. The van der Waals surface area contributed by atoms with Crippen LogP contribution in [0.1, 0.15) is 86.1 Å². The molecule has 0 aromatic heterocycles. The predicted octanol–water partition coefficient (Wildman–Crippen LogP) is 7.19. The summed E-state index contributed by atoms with van der Waals surface area (Å²) >= 11 is 0. The summed E-state index contributed by atoms with van der Waals surface area (Å²) in [6, 6.07) is 4.28. The third-order valence-corrected chi connectivity index (χ3v) is 5.68. The predicted molar refractivity (Wildman–Crippen MR) is 126 cm³/mol. The molecule has 0 atom stereocenters. The molecule has 0 fully saturated rings. The smallest absolute Gasteiger partial charge is 0.126 e. The molecule has 0 spiro atoms. The first-order valence-electron chi connectivity index (χ1n) is 10.2. The monoisotopic (exact) mass is 392 g/mol. The van der Waals surface area contributed by atoms with Crippen LogP contribution in [-0.4, -0.2) is 10.2 Å². The second-order valence-electron chi connectivity index (χ2n) is 10.0. The van der Waals surface area contributed by atoms with Gasteiger partial charge in [-0.15, -0.1) is 0 Å². The Balaban J connectivity index is 2.90. The fourth-order valence-corrected chi connectivity index (χ4v) is 4.10. The van der Waals surface area contributed by atoms with Gasteiger partial charge in [0, 0.05) is 28.7 Å². The number of aromatic hydroxyl groups is 2. The summed E-state index contributed by atoms with van der Waals surface area (Å²) in [5, 5.41) is 22.3. The van der Waals surface area contributed by atoms with Gasteiger partial charge in [-0.1, -0.05) is 79.0 Å². The Labute approximate surface area is 176 Å². The van der Waals surface area contributed by atoms with Gasteiger partial charge >= 0.3 is 0 Å². The maximum Gasteiger partial charge on any atom is 0.126 e. The van der Waals surface area contributed by atoms with Gasteiger partial charge < -0.3 is 10.2 Å². The van der Waals surface area contributed by atoms with E-state index in [1.54, 1.807) is 12.2 Å². The van der Waals surface area contributed by atoms with Gasteiger partial charge in [0.1, 0.15) is 11.5 Å². The van der Waals surface area contributed by atoms with E-state index in [-0.39, 0.29) is 22.3 Å². The minimum atomic E-state index is -0.152. The van der Waals surface area contributed by atoms with Gasteiger partial charge in [0.15, 0.2) is 0 Å². The van der Waals surface area contributed by atoms with Gasteiger partial charge in [0.25, 0.3) is 0 Å². The third-order valence-electron chi connectivity index (χ3n) is 5.68. The second kappa shape index (κ2) is 7.74. The Morgan fingerprint density at radius 3 is 1.28 bits per heavy atom. The second-order valence-corrected chi connectivity index (χ2v) is 10.0. The van der Waals surface area contributed by atoms with Gasteiger partial charge in [-0.05, 0) is 46.9 Å². The zero-order valence-corrected chi connectivity index (χ0v) is 19.3. The first kappa shape index (κ1) is 22.8. The Morgan fingerprint density at radius 1 is 0.724 bits per heavy atom. The molecule has 2 nitrogen and oxygen atoms in total. The molecule has 0 aliphatic heterocycles. The van der Waals surface area contributed by atoms with Crippen LogP contribution < -0.4 is 0 Å². The minimum Gasteiger partial charge on any atom is -0.507 e. The van der Waals surface area contributed by atoms with Crippen molar-refractivity contribution in [1.82, 2.24) is 0 Å². The molecule has 2 N–H and O–H groups in total. The summed E-state index contributed by atoms with van der Waals surface area (Å²) < 4.78 is 0. The summed E-state index contributed by atoms with van der Waals surface area (Å²) in [5.74, 6) is 0.509. The largest absolute Gasteiger partial charge is 0.507 e. The molecule has 2 rings (SSSR count). The maximum atomic E-state index is 11.2. The van der Waals surface area contributed by atoms with Crippen LogP contribution in [0, 0.1) is 13.8 Å². The van der Waals surface area contributed by atoms with Crippen LogP contribution in [0.4, 0.5) is 0 Å². The maximum absolute atomic E-state index is 11.2. The summed E-state index contributed by atoms with van der Waals surface area (Å²) in [7, 11) is 0. The molecule has 0 bridgehead atoms. The Bertz CT molecular complexity index is 884. The normalized spacial score (nSPS) is 12.1. The van der Waals surface area contributed by atoms with Crippen molar-refractivity contribution in [2.75, 3.05) is 0 Å². The van der Waals surface area contributed by atoms with Crippen molar-refractivity contribution in [1.29, 1.82) is 0 Å². The van der Waals surface area contributed by atoms with Gasteiger partial charge in [-0.2, -0.15) is 0 Å². The average Bonchev–Trinajstić information content (AvgIpc) is 2.57. The van der Waals surface area contributed by atoms with Gasteiger partial charge in [-0.3, -0.25) is 0 Å². The summed E-state index contributed by atoms with van der Waals surface area (Å²) in [5.41, 5.74) is 7.05. The Hall–Kier alpha value is -2.48. The first-order valence-corrected chi connectivity index (χ1v) is 10.2. The fourth-order valence-electron chi connectivity index (χ4n) is 4.10. The van der Waals surface area contributed by atoms with Crippen molar-refractivity contribution in [2.24, 2.45) is 0 Å². The lowest BCUT2D eigenvalue weighted by molar-refractivity contribution is 0.452. The van der Waals surface area contributed by atoms with Gasteiger partial charge in [-0.25, -0.2) is 0 Å². The lowest BCUT2D eigenvalue weighted by Crippen LogP contribution is -2.19. The van der Waals surface area contributed by atoms with E-state index in [2.05, 4.69) is 66.8 Å². The van der Waals surface area contributed by atoms with E-state index in [0.29, 0.717) is 6.42 Å². The number of rotatable bonds is 4. The average molecular weight is 393 g/mol. The lowest BCUT2D eigenvalue weighted by atomic mass is 9.76. The summed E-state index contributed by atoms with van der Waals surface area (Å²) in [6.45, 7) is 24.6. The van der Waals surface area contributed by atoms with Crippen molar-refractivity contribution in [3.63, 3.8) is 0 Å². The van der Waals surface area contributed by atoms with Crippen LogP contribution in [-0.2, 0) is 17.3 Å². The van der Waals surface area contributed by atoms with Crippen LogP contribution in [0.5, 0.6) is 11.5 Å². The van der Waals surface area contributed by atoms with E-state index < -0.39 is 0 Å². The highest BCUT2D eigenvalue weighted by Crippen LogP contribution is 2.42. The molecule has 0 radical (unpaired) electrons. The molecule has 0 aliphatic carbocycles. The first-order chi connectivity index (χ1) is 13.2. The molecule has 2 aromatic carbocycles. The highest BCUT2D eigenvalue weighted by molar-refractivity contribution is 5.68. The number of hydrogen-bond donors (Lipinski definition) is 2. The lowest BCUT2D eigenvalue weighted by Gasteiger charge is -2.29. The summed E-state index contributed by atoms with van der Waals surface area (Å²) in [4.78, 5) is 0. The molecular formula is C27H36O2. The zero-order chi connectivity index (χ0) is 22.3. The van der Waals surface area contributed by atoms with E-state index in [1.165, 1.54) is 0 Å². The van der Waals surface area contributed by atoms with Crippen LogP contribution in [0.2, 0.25) is 0 Å². The van der Waals surface area contributed by atoms with Crippen LogP contribution in [0.25, 0.3) is 12.2 Å². The van der Waals surface area contributed by atoms with E-state index in [4.69, 9.17) is 0 Å². The van der Waals surface area contributed by atoms with Crippen LogP contribution >= 0.6 is 0 Å². The molecular weight excluding hydrogens is 356 g/mol. The highest BCUT2D eigenvalue weighted by atomic mass is 16.3. The van der Waals surface area contributed by atoms with Crippen molar-refractivity contribution in [3.8, 4) is 11.5 Å². The molecule has 0 saturated carbocycles. The van der Waals surface area contributed by atoms with Gasteiger partial charge in [0.2, 0.25) is 0 Å². The number of aryl methyl sites for hydroxylation is 2. The third kappa shape index (κ3) is 4.27. The molecule has 2 aromatic rings. The van der Waals surface area contributed by atoms with Gasteiger partial charge in [0.05, 0.1) is 0 Å². The van der Waals surface area contributed by atoms with Crippen molar-refractivity contribution in [2.45, 2.75) is 72.6 Å². The van der Waals surface area contributed by atoms with Crippen LogP contribution in [0.15, 0.2) is 25.3 Å². The molecule has 0 heterocycles. The van der Waals surface area contributed by atoms with Crippen molar-refractivity contribution < 1.29 is 10.2 Å². The molecule has 0 saturated heterocycles. The van der Waals surface area contributed by atoms with E-state index in [9.17, 15) is 10.2 Å². The fraction of sp³-hybridized carbons (Fsp3) is 0.407. The number of phenols is 2. The minimum absolute atomic E-state index is 0.152. The molecule has 29 heavy (non-hydrogen) atoms. The Kier molecular flexibility index (Phi) is 6.09. The van der Waals surface area contributed by atoms with Crippen LogP contribution in [0.3, 0.4) is 0 Å². The van der Waals surface area contributed by atoms with E-state index in [1.807, 2.05) is 13.8 Å². The van der Waals surface area contributed by atoms with Crippen molar-refractivity contribution in [3.05, 3.63) is 69.8 Å². The topological polar surface area (TPSA) is 40.5 Å². The standard InChI is InChI=1S/C27H36O2/c1-11-18-16(3)13-22(26(5,6)7)20(24(18)28)15-21-23(27(8,9)10)14-17(4)19(12-2)25(21)29/h11-14,28-29H,1-2,15H2,3-10H3. The highest BCUT2D eigenvalue weighted by Gasteiger charge is 2.28. The van der Waals surface area contributed by atoms with E-state index in [0.717, 1.165) is 44.5 Å². The molecule has 0 amide bonds. The zero-order valence-electron chi connectivity index (χ0n) is 19.3. The molecule has 156 valence electrons. The quantitative estimate of drug-likeness (QED) is 0.578. The molecule has 0 unspecified atom stereocenters. The SMILES string of the molecule is C=Cc1c(C)cc(C(C)(C)C)c(Cc2c(C(C)(C)C)cc(C)c(C=C)c2O)c1O. The number of benzene rings is 2.